The van der Waals surface area contributed by atoms with E-state index < -0.39 is 0 Å². The van der Waals surface area contributed by atoms with Gasteiger partial charge >= 0.3 is 0 Å². The molecule has 0 spiro atoms. The predicted octanol–water partition coefficient (Wildman–Crippen LogP) is 3.97. The lowest BCUT2D eigenvalue weighted by molar-refractivity contribution is -0.383. The van der Waals surface area contributed by atoms with E-state index >= 15 is 0 Å². The lowest BCUT2D eigenvalue weighted by Gasteiger charge is -2.18. The van der Waals surface area contributed by atoms with Crippen LogP contribution in [0.1, 0.15) is 25.8 Å². The van der Waals surface area contributed by atoms with Crippen LogP contribution in [-0.2, 0) is 0 Å². The third-order valence-electron chi connectivity index (χ3n) is 3.19. The smallest absolute Gasteiger partial charge is 0.293 e. The number of hydrogen-bond donors (Lipinski definition) is 1. The van der Waals surface area contributed by atoms with Crippen LogP contribution in [0.2, 0.25) is 0 Å². The molecule has 0 aliphatic carbocycles. The maximum Gasteiger partial charge on any atom is 0.293 e. The third kappa shape index (κ3) is 2.84. The van der Waals surface area contributed by atoms with Crippen molar-refractivity contribution in [1.82, 2.24) is 4.98 Å². The molecule has 2 aromatic rings. The summed E-state index contributed by atoms with van der Waals surface area (Å²) in [6, 6.07) is 3.54. The van der Waals surface area contributed by atoms with Crippen molar-refractivity contribution in [3.8, 4) is 0 Å². The number of anilines is 1. The third-order valence-corrected chi connectivity index (χ3v) is 4.13. The molecule has 1 aromatic carbocycles. The highest BCUT2D eigenvalue weighted by Gasteiger charge is 2.19. The van der Waals surface area contributed by atoms with Gasteiger partial charge in [0.05, 0.1) is 20.1 Å². The molecule has 0 saturated carbocycles. The largest absolute Gasteiger partial charge is 0.377 e. The number of aromatic nitrogens is 1. The van der Waals surface area contributed by atoms with E-state index in [1.807, 2.05) is 13.8 Å². The van der Waals surface area contributed by atoms with Crippen LogP contribution in [0.3, 0.4) is 0 Å². The van der Waals surface area contributed by atoms with Gasteiger partial charge in [0, 0.05) is 12.1 Å². The summed E-state index contributed by atoms with van der Waals surface area (Å²) >= 11 is 1.47. The van der Waals surface area contributed by atoms with Crippen LogP contribution >= 0.6 is 11.3 Å². The summed E-state index contributed by atoms with van der Waals surface area (Å²) in [7, 11) is 0. The van der Waals surface area contributed by atoms with Crippen molar-refractivity contribution < 1.29 is 4.92 Å². The summed E-state index contributed by atoms with van der Waals surface area (Å²) in [4.78, 5) is 15.2. The zero-order valence-corrected chi connectivity index (χ0v) is 12.2. The zero-order chi connectivity index (χ0) is 14.2. The number of thiazole rings is 1. The first-order valence-corrected chi connectivity index (χ1v) is 7.02. The zero-order valence-electron chi connectivity index (χ0n) is 11.4. The molecular formula is C13H17N3O2S. The normalized spacial score (nSPS) is 12.9. The van der Waals surface area contributed by atoms with E-state index in [4.69, 9.17) is 0 Å². The number of fused-ring (bicyclic) bond motifs is 1. The van der Waals surface area contributed by atoms with Crippen molar-refractivity contribution >= 4 is 32.9 Å². The molecule has 5 nitrogen and oxygen atoms in total. The Morgan fingerprint density at radius 1 is 1.37 bits per heavy atom. The number of benzene rings is 1. The van der Waals surface area contributed by atoms with Gasteiger partial charge in [0.25, 0.3) is 5.69 Å². The Morgan fingerprint density at radius 2 is 2.05 bits per heavy atom. The van der Waals surface area contributed by atoms with Crippen molar-refractivity contribution in [2.75, 3.05) is 5.32 Å². The molecule has 1 heterocycles. The highest BCUT2D eigenvalue weighted by atomic mass is 32.1. The molecule has 19 heavy (non-hydrogen) atoms. The van der Waals surface area contributed by atoms with Gasteiger partial charge in [0.1, 0.15) is 5.69 Å². The Morgan fingerprint density at radius 3 is 2.63 bits per heavy atom. The van der Waals surface area contributed by atoms with Gasteiger partial charge in [-0.1, -0.05) is 13.8 Å². The SMILES string of the molecule is Cc1nc2cc(NC(C)C(C)C)c([N+](=O)[O-])cc2s1. The monoisotopic (exact) mass is 279 g/mol. The van der Waals surface area contributed by atoms with Gasteiger partial charge in [-0.2, -0.15) is 0 Å². The maximum absolute atomic E-state index is 11.2. The highest BCUT2D eigenvalue weighted by Crippen LogP contribution is 2.33. The molecule has 0 aliphatic rings. The fourth-order valence-electron chi connectivity index (χ4n) is 1.76. The molecule has 1 N–H and O–H groups in total. The summed E-state index contributed by atoms with van der Waals surface area (Å²) < 4.78 is 0.854. The van der Waals surface area contributed by atoms with Crippen molar-refractivity contribution in [3.63, 3.8) is 0 Å². The molecule has 0 radical (unpaired) electrons. The van der Waals surface area contributed by atoms with Crippen LogP contribution in [0.4, 0.5) is 11.4 Å². The fourth-order valence-corrected chi connectivity index (χ4v) is 2.60. The number of nitro groups is 1. The van der Waals surface area contributed by atoms with Crippen LogP contribution in [0.25, 0.3) is 10.2 Å². The number of nitro benzene ring substituents is 1. The Hall–Kier alpha value is -1.69. The summed E-state index contributed by atoms with van der Waals surface area (Å²) in [6.07, 6.45) is 0. The average Bonchev–Trinajstić information content (AvgIpc) is 2.66. The van der Waals surface area contributed by atoms with Crippen LogP contribution in [0.5, 0.6) is 0 Å². The maximum atomic E-state index is 11.2. The van der Waals surface area contributed by atoms with Gasteiger partial charge in [0.15, 0.2) is 0 Å². The first kappa shape index (κ1) is 13.7. The van der Waals surface area contributed by atoms with E-state index in [0.717, 1.165) is 15.2 Å². The molecule has 2 rings (SSSR count). The Labute approximate surface area is 115 Å². The summed E-state index contributed by atoms with van der Waals surface area (Å²) in [6.45, 7) is 8.08. The minimum atomic E-state index is -0.343. The standard InChI is InChI=1S/C13H17N3O2S/c1-7(2)8(3)14-10-5-11-13(19-9(4)15-11)6-12(10)16(17)18/h5-8,14H,1-4H3. The summed E-state index contributed by atoms with van der Waals surface area (Å²) in [5.74, 6) is 0.396. The number of rotatable bonds is 4. The minimum absolute atomic E-state index is 0.114. The van der Waals surface area contributed by atoms with Crippen LogP contribution < -0.4 is 5.32 Å². The van der Waals surface area contributed by atoms with E-state index in [-0.39, 0.29) is 16.7 Å². The second kappa shape index (κ2) is 5.13. The molecule has 1 aromatic heterocycles. The van der Waals surface area contributed by atoms with E-state index in [2.05, 4.69) is 24.1 Å². The van der Waals surface area contributed by atoms with Crippen molar-refractivity contribution in [1.29, 1.82) is 0 Å². The molecule has 0 amide bonds. The first-order valence-electron chi connectivity index (χ1n) is 6.20. The minimum Gasteiger partial charge on any atom is -0.377 e. The molecule has 1 unspecified atom stereocenters. The number of aryl methyl sites for hydroxylation is 1. The average molecular weight is 279 g/mol. The molecular weight excluding hydrogens is 262 g/mol. The van der Waals surface area contributed by atoms with Gasteiger partial charge in [0.2, 0.25) is 0 Å². The number of nitrogens with one attached hydrogen (secondary N) is 1. The molecule has 0 bridgehead atoms. The molecule has 1 atom stereocenters. The van der Waals surface area contributed by atoms with Gasteiger partial charge < -0.3 is 5.32 Å². The van der Waals surface area contributed by atoms with Crippen LogP contribution in [-0.4, -0.2) is 15.9 Å². The lowest BCUT2D eigenvalue weighted by Crippen LogP contribution is -2.22. The Bertz CT molecular complexity index is 622. The van der Waals surface area contributed by atoms with E-state index in [0.29, 0.717) is 11.6 Å². The molecule has 0 fully saturated rings. The molecule has 0 aliphatic heterocycles. The quantitative estimate of drug-likeness (QED) is 0.679. The molecule has 0 saturated heterocycles. The lowest BCUT2D eigenvalue weighted by atomic mass is 10.1. The van der Waals surface area contributed by atoms with E-state index in [1.165, 1.54) is 11.3 Å². The molecule has 6 heteroatoms. The second-order valence-electron chi connectivity index (χ2n) is 5.00. The summed E-state index contributed by atoms with van der Waals surface area (Å²) in [5, 5.41) is 15.3. The van der Waals surface area contributed by atoms with Gasteiger partial charge in [-0.25, -0.2) is 4.98 Å². The Balaban J connectivity index is 2.50. The molecule has 102 valence electrons. The van der Waals surface area contributed by atoms with Crippen LogP contribution in [0.15, 0.2) is 12.1 Å². The van der Waals surface area contributed by atoms with Crippen molar-refractivity contribution in [2.24, 2.45) is 5.92 Å². The van der Waals surface area contributed by atoms with Gasteiger partial charge in [-0.3, -0.25) is 10.1 Å². The van der Waals surface area contributed by atoms with E-state index in [1.54, 1.807) is 12.1 Å². The highest BCUT2D eigenvalue weighted by molar-refractivity contribution is 7.18. The van der Waals surface area contributed by atoms with Gasteiger partial charge in [-0.15, -0.1) is 11.3 Å². The topological polar surface area (TPSA) is 68.1 Å². The first-order chi connectivity index (χ1) is 8.88. The predicted molar refractivity (Wildman–Crippen MR) is 78.9 cm³/mol. The van der Waals surface area contributed by atoms with E-state index in [9.17, 15) is 10.1 Å². The second-order valence-corrected chi connectivity index (χ2v) is 6.24. The Kier molecular flexibility index (Phi) is 3.71. The van der Waals surface area contributed by atoms with Crippen molar-refractivity contribution in [2.45, 2.75) is 33.7 Å². The van der Waals surface area contributed by atoms with Gasteiger partial charge in [-0.05, 0) is 25.8 Å². The fraction of sp³-hybridized carbons (Fsp3) is 0.462. The number of nitrogens with zero attached hydrogens (tertiary/aromatic N) is 2. The summed E-state index contributed by atoms with van der Waals surface area (Å²) in [5.41, 5.74) is 1.47. The van der Waals surface area contributed by atoms with Crippen molar-refractivity contribution in [3.05, 3.63) is 27.3 Å². The van der Waals surface area contributed by atoms with Crippen LogP contribution in [0, 0.1) is 23.0 Å². The number of hydrogen-bond acceptors (Lipinski definition) is 5.